The van der Waals surface area contributed by atoms with Gasteiger partial charge in [-0.15, -0.1) is 0 Å². The predicted molar refractivity (Wildman–Crippen MR) is 68.3 cm³/mol. The highest BCUT2D eigenvalue weighted by Crippen LogP contribution is 2.14. The summed E-state index contributed by atoms with van der Waals surface area (Å²) in [5.41, 5.74) is 1.36. The SMILES string of the molecule is CC(=O)Nc1cccc(NC(=O)CI)c1. The van der Waals surface area contributed by atoms with Crippen molar-refractivity contribution in [2.24, 2.45) is 0 Å². The Morgan fingerprint density at radius 1 is 1.27 bits per heavy atom. The number of benzene rings is 1. The van der Waals surface area contributed by atoms with Crippen molar-refractivity contribution in [3.63, 3.8) is 0 Å². The largest absolute Gasteiger partial charge is 0.326 e. The van der Waals surface area contributed by atoms with Gasteiger partial charge in [-0.2, -0.15) is 0 Å². The average Bonchev–Trinajstić information content (AvgIpc) is 2.17. The minimum atomic E-state index is -0.132. The molecule has 0 aromatic heterocycles. The van der Waals surface area contributed by atoms with E-state index < -0.39 is 0 Å². The van der Waals surface area contributed by atoms with E-state index in [9.17, 15) is 9.59 Å². The van der Waals surface area contributed by atoms with E-state index in [1.807, 2.05) is 22.6 Å². The third-order valence-electron chi connectivity index (χ3n) is 1.59. The quantitative estimate of drug-likeness (QED) is 0.662. The molecular formula is C10H11IN2O2. The summed E-state index contributed by atoms with van der Waals surface area (Å²) in [5.74, 6) is -0.192. The summed E-state index contributed by atoms with van der Waals surface area (Å²) in [4.78, 5) is 21.9. The second-order valence-electron chi connectivity index (χ2n) is 2.94. The van der Waals surface area contributed by atoms with Crippen molar-refractivity contribution in [3.8, 4) is 0 Å². The fourth-order valence-corrected chi connectivity index (χ4v) is 1.26. The molecule has 2 N–H and O–H groups in total. The van der Waals surface area contributed by atoms with Gasteiger partial charge in [0.15, 0.2) is 0 Å². The van der Waals surface area contributed by atoms with Crippen LogP contribution in [0.3, 0.4) is 0 Å². The molecule has 0 spiro atoms. The molecule has 0 aliphatic heterocycles. The Bertz CT molecular complexity index is 379. The van der Waals surface area contributed by atoms with E-state index in [1.54, 1.807) is 24.3 Å². The lowest BCUT2D eigenvalue weighted by Crippen LogP contribution is -2.12. The smallest absolute Gasteiger partial charge is 0.234 e. The molecule has 0 unspecified atom stereocenters. The van der Waals surface area contributed by atoms with Crippen LogP contribution in [0, 0.1) is 0 Å². The van der Waals surface area contributed by atoms with Crippen molar-refractivity contribution in [3.05, 3.63) is 24.3 Å². The summed E-state index contributed by atoms with van der Waals surface area (Å²) in [5, 5.41) is 5.35. The lowest BCUT2D eigenvalue weighted by Gasteiger charge is -2.06. The Morgan fingerprint density at radius 2 is 1.87 bits per heavy atom. The Kier molecular flexibility index (Phi) is 4.54. The average molecular weight is 318 g/mol. The molecular weight excluding hydrogens is 307 g/mol. The summed E-state index contributed by atoms with van der Waals surface area (Å²) < 4.78 is 0.405. The Hall–Kier alpha value is -1.11. The van der Waals surface area contributed by atoms with Gasteiger partial charge in [0.05, 0.1) is 4.43 Å². The van der Waals surface area contributed by atoms with Crippen molar-refractivity contribution < 1.29 is 9.59 Å². The summed E-state index contributed by atoms with van der Waals surface area (Å²) in [7, 11) is 0. The zero-order valence-corrected chi connectivity index (χ0v) is 10.4. The first-order valence-electron chi connectivity index (χ1n) is 4.35. The molecule has 0 saturated heterocycles. The molecule has 15 heavy (non-hydrogen) atoms. The third-order valence-corrected chi connectivity index (χ3v) is 2.28. The molecule has 0 heterocycles. The molecule has 80 valence electrons. The van der Waals surface area contributed by atoms with Crippen LogP contribution < -0.4 is 10.6 Å². The zero-order valence-electron chi connectivity index (χ0n) is 8.21. The summed E-state index contributed by atoms with van der Waals surface area (Å²) in [6, 6.07) is 7.02. The first kappa shape index (κ1) is 12.0. The number of halogens is 1. The van der Waals surface area contributed by atoms with Crippen LogP contribution in [0.5, 0.6) is 0 Å². The molecule has 1 aromatic rings. The minimum Gasteiger partial charge on any atom is -0.326 e. The number of rotatable bonds is 3. The van der Waals surface area contributed by atoms with Crippen LogP contribution in [-0.2, 0) is 9.59 Å². The van der Waals surface area contributed by atoms with Gasteiger partial charge >= 0.3 is 0 Å². The summed E-state index contributed by atoms with van der Waals surface area (Å²) in [6.07, 6.45) is 0. The van der Waals surface area contributed by atoms with Gasteiger partial charge < -0.3 is 10.6 Å². The fourth-order valence-electron chi connectivity index (χ4n) is 1.07. The van der Waals surface area contributed by atoms with E-state index in [0.29, 0.717) is 15.8 Å². The molecule has 0 aliphatic rings. The highest BCUT2D eigenvalue weighted by Gasteiger charge is 2.01. The third kappa shape index (κ3) is 4.28. The van der Waals surface area contributed by atoms with Gasteiger partial charge in [0.1, 0.15) is 0 Å². The van der Waals surface area contributed by atoms with Crippen LogP contribution >= 0.6 is 22.6 Å². The van der Waals surface area contributed by atoms with Crippen molar-refractivity contribution in [1.82, 2.24) is 0 Å². The van der Waals surface area contributed by atoms with E-state index in [2.05, 4.69) is 10.6 Å². The molecule has 0 radical (unpaired) electrons. The Balaban J connectivity index is 2.74. The molecule has 0 aliphatic carbocycles. The standard InChI is InChI=1S/C10H11IN2O2/c1-7(14)12-8-3-2-4-9(5-8)13-10(15)6-11/h2-5H,6H2,1H3,(H,12,14)(H,13,15). The molecule has 1 rings (SSSR count). The highest BCUT2D eigenvalue weighted by atomic mass is 127. The van der Waals surface area contributed by atoms with Gasteiger partial charge in [-0.1, -0.05) is 28.7 Å². The number of nitrogens with one attached hydrogen (secondary N) is 2. The summed E-state index contributed by atoms with van der Waals surface area (Å²) in [6.45, 7) is 1.44. The fraction of sp³-hybridized carbons (Fsp3) is 0.200. The lowest BCUT2D eigenvalue weighted by molar-refractivity contribution is -0.114. The van der Waals surface area contributed by atoms with Gasteiger partial charge in [-0.25, -0.2) is 0 Å². The molecule has 0 atom stereocenters. The number of anilines is 2. The Labute approximate surface area is 102 Å². The number of amides is 2. The van der Waals surface area contributed by atoms with Gasteiger partial charge in [0, 0.05) is 18.3 Å². The van der Waals surface area contributed by atoms with E-state index >= 15 is 0 Å². The predicted octanol–water partition coefficient (Wildman–Crippen LogP) is 2.02. The number of hydrogen-bond acceptors (Lipinski definition) is 2. The van der Waals surface area contributed by atoms with Gasteiger partial charge in [0.2, 0.25) is 11.8 Å². The normalized spacial score (nSPS) is 9.47. The van der Waals surface area contributed by atoms with E-state index in [1.165, 1.54) is 6.92 Å². The first-order valence-corrected chi connectivity index (χ1v) is 5.88. The number of carbonyl (C=O) groups excluding carboxylic acids is 2. The maximum atomic E-state index is 11.1. The van der Waals surface area contributed by atoms with Crippen LogP contribution in [0.25, 0.3) is 0 Å². The number of alkyl halides is 1. The first-order chi connectivity index (χ1) is 7.11. The van der Waals surface area contributed by atoms with E-state index in [-0.39, 0.29) is 11.8 Å². The molecule has 0 bridgehead atoms. The molecule has 0 saturated carbocycles. The van der Waals surface area contributed by atoms with Crippen LogP contribution in [0.4, 0.5) is 11.4 Å². The molecule has 1 aromatic carbocycles. The molecule has 0 fully saturated rings. The van der Waals surface area contributed by atoms with Gasteiger partial charge in [-0.05, 0) is 18.2 Å². The number of carbonyl (C=O) groups is 2. The van der Waals surface area contributed by atoms with Crippen molar-refractivity contribution >= 4 is 45.8 Å². The molecule has 2 amide bonds. The van der Waals surface area contributed by atoms with Gasteiger partial charge in [0.25, 0.3) is 0 Å². The summed E-state index contributed by atoms with van der Waals surface area (Å²) >= 11 is 1.99. The van der Waals surface area contributed by atoms with Crippen molar-refractivity contribution in [2.75, 3.05) is 15.1 Å². The Morgan fingerprint density at radius 3 is 2.40 bits per heavy atom. The second-order valence-corrected chi connectivity index (χ2v) is 3.71. The van der Waals surface area contributed by atoms with Crippen LogP contribution in [-0.4, -0.2) is 16.2 Å². The van der Waals surface area contributed by atoms with Crippen LogP contribution in [0.1, 0.15) is 6.92 Å². The molecule has 5 heteroatoms. The topological polar surface area (TPSA) is 58.2 Å². The second kappa shape index (κ2) is 5.69. The van der Waals surface area contributed by atoms with Crippen LogP contribution in [0.2, 0.25) is 0 Å². The maximum Gasteiger partial charge on any atom is 0.234 e. The minimum absolute atomic E-state index is 0.0597. The highest BCUT2D eigenvalue weighted by molar-refractivity contribution is 14.1. The van der Waals surface area contributed by atoms with E-state index in [0.717, 1.165) is 0 Å². The van der Waals surface area contributed by atoms with Crippen molar-refractivity contribution in [2.45, 2.75) is 6.92 Å². The van der Waals surface area contributed by atoms with Crippen molar-refractivity contribution in [1.29, 1.82) is 0 Å². The molecule has 4 nitrogen and oxygen atoms in total. The maximum absolute atomic E-state index is 11.1. The monoisotopic (exact) mass is 318 g/mol. The van der Waals surface area contributed by atoms with Gasteiger partial charge in [-0.3, -0.25) is 9.59 Å². The number of hydrogen-bond donors (Lipinski definition) is 2. The zero-order chi connectivity index (χ0) is 11.3. The van der Waals surface area contributed by atoms with E-state index in [4.69, 9.17) is 0 Å². The van der Waals surface area contributed by atoms with Crippen LogP contribution in [0.15, 0.2) is 24.3 Å². The lowest BCUT2D eigenvalue weighted by atomic mass is 10.2.